The number of nitrogen functional groups attached to an aromatic ring is 1. The van der Waals surface area contributed by atoms with Gasteiger partial charge in [-0.3, -0.25) is 0 Å². The van der Waals surface area contributed by atoms with E-state index >= 15 is 0 Å². The fourth-order valence-corrected chi connectivity index (χ4v) is 2.20. The molecule has 0 amide bonds. The Labute approximate surface area is 113 Å². The van der Waals surface area contributed by atoms with Crippen LogP contribution in [0.5, 0.6) is 11.5 Å². The van der Waals surface area contributed by atoms with Crippen LogP contribution in [0.25, 0.3) is 11.3 Å². The van der Waals surface area contributed by atoms with Crippen molar-refractivity contribution in [1.29, 1.82) is 0 Å². The van der Waals surface area contributed by atoms with Crippen LogP contribution >= 0.6 is 11.3 Å². The third-order valence-corrected chi connectivity index (χ3v) is 3.03. The molecule has 0 fully saturated rings. The molecule has 6 heteroatoms. The molecule has 2 N–H and O–H groups in total. The molecule has 90 valence electrons. The lowest BCUT2D eigenvalue weighted by molar-refractivity contribution is -0.00000379. The minimum atomic E-state index is 0. The summed E-state index contributed by atoms with van der Waals surface area (Å²) in [5, 5.41) is 2.51. The maximum absolute atomic E-state index is 5.61. The third kappa shape index (κ3) is 2.37. The Morgan fingerprint density at radius 3 is 2.65 bits per heavy atom. The van der Waals surface area contributed by atoms with Gasteiger partial charge in [-0.1, -0.05) is 0 Å². The summed E-state index contributed by atoms with van der Waals surface area (Å²) in [6, 6.07) is 5.80. The molecule has 3 rings (SSSR count). The molecule has 0 aliphatic carbocycles. The first-order valence-corrected chi connectivity index (χ1v) is 5.82. The molecular weight excluding hydrogens is 304 g/mol. The van der Waals surface area contributed by atoms with E-state index < -0.39 is 0 Å². The molecule has 17 heavy (non-hydrogen) atoms. The van der Waals surface area contributed by atoms with Gasteiger partial charge in [0.25, 0.3) is 0 Å². The third-order valence-electron chi connectivity index (χ3n) is 2.36. The summed E-state index contributed by atoms with van der Waals surface area (Å²) in [6.07, 6.45) is 0. The molecular formula is C11H10BrN2O2S-. The van der Waals surface area contributed by atoms with Crippen LogP contribution < -0.4 is 32.2 Å². The molecule has 0 bridgehead atoms. The number of benzene rings is 1. The monoisotopic (exact) mass is 313 g/mol. The molecule has 1 aromatic heterocycles. The van der Waals surface area contributed by atoms with Crippen molar-refractivity contribution in [2.24, 2.45) is 0 Å². The van der Waals surface area contributed by atoms with E-state index in [1.165, 1.54) is 11.3 Å². The molecule has 1 aliphatic rings. The summed E-state index contributed by atoms with van der Waals surface area (Å²) in [5.41, 5.74) is 7.48. The number of fused-ring (bicyclic) bond motifs is 1. The van der Waals surface area contributed by atoms with Gasteiger partial charge >= 0.3 is 0 Å². The highest BCUT2D eigenvalue weighted by Crippen LogP contribution is 2.34. The van der Waals surface area contributed by atoms with Crippen LogP contribution in [-0.4, -0.2) is 18.2 Å². The van der Waals surface area contributed by atoms with E-state index in [1.54, 1.807) is 0 Å². The zero-order valence-electron chi connectivity index (χ0n) is 8.85. The highest BCUT2D eigenvalue weighted by atomic mass is 79.9. The molecule has 0 radical (unpaired) electrons. The number of thiazole rings is 1. The van der Waals surface area contributed by atoms with Gasteiger partial charge in [-0.25, -0.2) is 4.98 Å². The maximum atomic E-state index is 5.61. The van der Waals surface area contributed by atoms with Gasteiger partial charge in [0.2, 0.25) is 0 Å². The lowest BCUT2D eigenvalue weighted by Crippen LogP contribution is -3.00. The van der Waals surface area contributed by atoms with Gasteiger partial charge in [0.05, 0.1) is 5.69 Å². The Kier molecular flexibility index (Phi) is 3.54. The van der Waals surface area contributed by atoms with E-state index in [0.717, 1.165) is 22.8 Å². The number of halogens is 1. The summed E-state index contributed by atoms with van der Waals surface area (Å²) < 4.78 is 11.0. The molecule has 4 nitrogen and oxygen atoms in total. The topological polar surface area (TPSA) is 57.4 Å². The number of hydrogen-bond acceptors (Lipinski definition) is 5. The molecule has 0 unspecified atom stereocenters. The minimum Gasteiger partial charge on any atom is -1.00 e. The molecule has 0 spiro atoms. The molecule has 1 aliphatic heterocycles. The van der Waals surface area contributed by atoms with Gasteiger partial charge in [-0.2, -0.15) is 0 Å². The van der Waals surface area contributed by atoms with Crippen LogP contribution in [0, 0.1) is 0 Å². The molecule has 0 atom stereocenters. The van der Waals surface area contributed by atoms with E-state index in [-0.39, 0.29) is 17.0 Å². The Balaban J connectivity index is 0.00000108. The quantitative estimate of drug-likeness (QED) is 0.746. The molecule has 2 aromatic rings. The summed E-state index contributed by atoms with van der Waals surface area (Å²) in [5.74, 6) is 1.56. The molecule has 1 aromatic carbocycles. The largest absolute Gasteiger partial charge is 1.00 e. The van der Waals surface area contributed by atoms with Crippen molar-refractivity contribution in [2.75, 3.05) is 18.9 Å². The van der Waals surface area contributed by atoms with Crippen molar-refractivity contribution >= 4 is 16.5 Å². The average molecular weight is 314 g/mol. The van der Waals surface area contributed by atoms with Gasteiger partial charge in [0.1, 0.15) is 13.2 Å². The van der Waals surface area contributed by atoms with Crippen molar-refractivity contribution in [3.63, 3.8) is 0 Å². The number of nitrogens with two attached hydrogens (primary N) is 1. The highest BCUT2D eigenvalue weighted by molar-refractivity contribution is 7.13. The number of nitrogens with zero attached hydrogens (tertiary/aromatic N) is 1. The zero-order valence-corrected chi connectivity index (χ0v) is 11.3. The molecule has 2 heterocycles. The second-order valence-electron chi connectivity index (χ2n) is 3.43. The minimum absolute atomic E-state index is 0. The Morgan fingerprint density at radius 2 is 1.94 bits per heavy atom. The summed E-state index contributed by atoms with van der Waals surface area (Å²) in [6.45, 7) is 1.20. The number of ether oxygens (including phenoxy) is 2. The van der Waals surface area contributed by atoms with Gasteiger partial charge in [0, 0.05) is 10.9 Å². The van der Waals surface area contributed by atoms with E-state index in [9.17, 15) is 0 Å². The number of anilines is 1. The van der Waals surface area contributed by atoms with Gasteiger partial charge < -0.3 is 32.2 Å². The molecule has 0 saturated heterocycles. The number of aromatic nitrogens is 1. The van der Waals surface area contributed by atoms with Crippen molar-refractivity contribution in [3.05, 3.63) is 23.6 Å². The smallest absolute Gasteiger partial charge is 0.180 e. The second kappa shape index (κ2) is 4.93. The van der Waals surface area contributed by atoms with Gasteiger partial charge in [-0.05, 0) is 18.2 Å². The zero-order chi connectivity index (χ0) is 11.0. The fourth-order valence-electron chi connectivity index (χ4n) is 1.62. The van der Waals surface area contributed by atoms with Crippen LogP contribution in [0.15, 0.2) is 23.6 Å². The maximum Gasteiger partial charge on any atom is 0.180 e. The predicted octanol–water partition coefficient (Wildman–Crippen LogP) is -0.833. The van der Waals surface area contributed by atoms with Crippen molar-refractivity contribution < 1.29 is 26.5 Å². The number of hydrogen-bond donors (Lipinski definition) is 1. The van der Waals surface area contributed by atoms with Crippen LogP contribution in [0.4, 0.5) is 5.13 Å². The first-order valence-electron chi connectivity index (χ1n) is 4.94. The number of rotatable bonds is 1. The average Bonchev–Trinajstić information content (AvgIpc) is 2.75. The molecule has 0 saturated carbocycles. The van der Waals surface area contributed by atoms with Crippen LogP contribution in [0.3, 0.4) is 0 Å². The Hall–Kier alpha value is -1.27. The SMILES string of the molecule is Nc1nc(-c2ccc3c(c2)OCCO3)cs1.[Br-]. The van der Waals surface area contributed by atoms with Crippen LogP contribution in [-0.2, 0) is 0 Å². The van der Waals surface area contributed by atoms with E-state index in [1.807, 2.05) is 23.6 Å². The Bertz CT molecular complexity index is 530. The lowest BCUT2D eigenvalue weighted by atomic mass is 10.1. The lowest BCUT2D eigenvalue weighted by Gasteiger charge is -2.18. The van der Waals surface area contributed by atoms with Gasteiger partial charge in [-0.15, -0.1) is 11.3 Å². The first kappa shape index (κ1) is 12.2. The van der Waals surface area contributed by atoms with Crippen LogP contribution in [0.1, 0.15) is 0 Å². The van der Waals surface area contributed by atoms with Crippen molar-refractivity contribution in [3.8, 4) is 22.8 Å². The van der Waals surface area contributed by atoms with Gasteiger partial charge in [0.15, 0.2) is 16.6 Å². The normalized spacial score (nSPS) is 12.9. The predicted molar refractivity (Wildman–Crippen MR) is 63.0 cm³/mol. The van der Waals surface area contributed by atoms with E-state index in [4.69, 9.17) is 15.2 Å². The first-order chi connectivity index (χ1) is 7.83. The highest BCUT2D eigenvalue weighted by Gasteiger charge is 2.13. The van der Waals surface area contributed by atoms with Crippen LogP contribution in [0.2, 0.25) is 0 Å². The second-order valence-corrected chi connectivity index (χ2v) is 4.32. The standard InChI is InChI=1S/C11H10N2O2S.BrH/c12-11-13-8(6-16-11)7-1-2-9-10(5-7)15-4-3-14-9;/h1-2,5-6H,3-4H2,(H2,12,13);1H/p-1. The van der Waals surface area contributed by atoms with Crippen molar-refractivity contribution in [2.45, 2.75) is 0 Å². The summed E-state index contributed by atoms with van der Waals surface area (Å²) in [4.78, 5) is 4.23. The van der Waals surface area contributed by atoms with E-state index in [2.05, 4.69) is 4.98 Å². The summed E-state index contributed by atoms with van der Waals surface area (Å²) >= 11 is 1.43. The summed E-state index contributed by atoms with van der Waals surface area (Å²) in [7, 11) is 0. The Morgan fingerprint density at radius 1 is 1.18 bits per heavy atom. The fraction of sp³-hybridized carbons (Fsp3) is 0.182. The van der Waals surface area contributed by atoms with Crippen molar-refractivity contribution in [1.82, 2.24) is 4.98 Å². The van der Waals surface area contributed by atoms with E-state index in [0.29, 0.717) is 18.3 Å².